The van der Waals surface area contributed by atoms with Crippen molar-refractivity contribution in [2.24, 2.45) is 0 Å². The molecule has 0 atom stereocenters. The summed E-state index contributed by atoms with van der Waals surface area (Å²) in [4.78, 5) is 1.97. The maximum atomic E-state index is 12.1. The third-order valence-corrected chi connectivity index (χ3v) is 5.86. The van der Waals surface area contributed by atoms with Crippen molar-refractivity contribution >= 4 is 9.84 Å². The van der Waals surface area contributed by atoms with Gasteiger partial charge in [-0.3, -0.25) is 4.90 Å². The van der Waals surface area contributed by atoms with Crippen LogP contribution >= 0.6 is 0 Å². The molecule has 1 N–H and O–H groups in total. The third-order valence-electron chi connectivity index (χ3n) is 3.27. The SMILES string of the molecule is CC(C)(C)S(=O)(=O)CCN(CCO)Cc1ccccc1. The molecule has 114 valence electrons. The van der Waals surface area contributed by atoms with Gasteiger partial charge in [-0.25, -0.2) is 8.42 Å². The van der Waals surface area contributed by atoms with Crippen LogP contribution in [0.5, 0.6) is 0 Å². The molecular formula is C15H25NO3S. The Balaban J connectivity index is 2.65. The number of benzene rings is 1. The van der Waals surface area contributed by atoms with Gasteiger partial charge in [0.15, 0.2) is 9.84 Å². The van der Waals surface area contributed by atoms with Gasteiger partial charge in [0.1, 0.15) is 0 Å². The summed E-state index contributed by atoms with van der Waals surface area (Å²) in [5.74, 6) is 0.114. The molecule has 0 saturated heterocycles. The summed E-state index contributed by atoms with van der Waals surface area (Å²) in [6, 6.07) is 9.87. The topological polar surface area (TPSA) is 57.6 Å². The van der Waals surface area contributed by atoms with E-state index in [1.165, 1.54) is 0 Å². The first kappa shape index (κ1) is 17.1. The molecule has 0 radical (unpaired) electrons. The average Bonchev–Trinajstić information content (AvgIpc) is 2.36. The molecule has 5 heteroatoms. The molecule has 0 aromatic heterocycles. The zero-order valence-electron chi connectivity index (χ0n) is 12.5. The lowest BCUT2D eigenvalue weighted by atomic mass is 10.2. The van der Waals surface area contributed by atoms with E-state index in [0.717, 1.165) is 5.56 Å². The summed E-state index contributed by atoms with van der Waals surface area (Å²) in [6.07, 6.45) is 0. The van der Waals surface area contributed by atoms with Crippen molar-refractivity contribution in [3.63, 3.8) is 0 Å². The monoisotopic (exact) mass is 299 g/mol. The van der Waals surface area contributed by atoms with Crippen LogP contribution in [0.2, 0.25) is 0 Å². The lowest BCUT2D eigenvalue weighted by Crippen LogP contribution is -2.37. The van der Waals surface area contributed by atoms with Crippen LogP contribution in [0.1, 0.15) is 26.3 Å². The van der Waals surface area contributed by atoms with Gasteiger partial charge in [-0.2, -0.15) is 0 Å². The van der Waals surface area contributed by atoms with Crippen LogP contribution in [-0.2, 0) is 16.4 Å². The molecule has 0 aliphatic rings. The van der Waals surface area contributed by atoms with E-state index in [1.807, 2.05) is 35.2 Å². The van der Waals surface area contributed by atoms with Crippen LogP contribution < -0.4 is 0 Å². The first-order valence-corrected chi connectivity index (χ1v) is 8.51. The molecule has 0 saturated carbocycles. The van der Waals surface area contributed by atoms with Gasteiger partial charge in [0, 0.05) is 19.6 Å². The Morgan fingerprint density at radius 3 is 2.20 bits per heavy atom. The molecule has 0 amide bonds. The van der Waals surface area contributed by atoms with Crippen molar-refractivity contribution in [1.82, 2.24) is 4.90 Å². The Bertz CT molecular complexity index is 492. The first-order chi connectivity index (χ1) is 9.26. The van der Waals surface area contributed by atoms with Gasteiger partial charge in [-0.05, 0) is 26.3 Å². The highest BCUT2D eigenvalue weighted by Gasteiger charge is 2.28. The van der Waals surface area contributed by atoms with Gasteiger partial charge in [0.2, 0.25) is 0 Å². The Morgan fingerprint density at radius 2 is 1.70 bits per heavy atom. The van der Waals surface area contributed by atoms with E-state index >= 15 is 0 Å². The Hall–Kier alpha value is -0.910. The number of aliphatic hydroxyl groups excluding tert-OH is 1. The number of aliphatic hydroxyl groups is 1. The number of hydrogen-bond donors (Lipinski definition) is 1. The average molecular weight is 299 g/mol. The summed E-state index contributed by atoms with van der Waals surface area (Å²) in [5.41, 5.74) is 1.12. The second kappa shape index (κ2) is 7.20. The summed E-state index contributed by atoms with van der Waals surface area (Å²) < 4.78 is 23.5. The van der Waals surface area contributed by atoms with Crippen LogP contribution in [-0.4, -0.2) is 48.6 Å². The Labute approximate surface area is 122 Å². The summed E-state index contributed by atoms with van der Waals surface area (Å²) >= 11 is 0. The van der Waals surface area contributed by atoms with Crippen molar-refractivity contribution < 1.29 is 13.5 Å². The van der Waals surface area contributed by atoms with Crippen molar-refractivity contribution in [2.75, 3.05) is 25.4 Å². The molecule has 4 nitrogen and oxygen atoms in total. The molecule has 20 heavy (non-hydrogen) atoms. The van der Waals surface area contributed by atoms with Crippen LogP contribution in [0.25, 0.3) is 0 Å². The minimum absolute atomic E-state index is 0.0302. The minimum Gasteiger partial charge on any atom is -0.395 e. The maximum absolute atomic E-state index is 12.1. The Morgan fingerprint density at radius 1 is 1.10 bits per heavy atom. The van der Waals surface area contributed by atoms with Crippen LogP contribution in [0.15, 0.2) is 30.3 Å². The van der Waals surface area contributed by atoms with E-state index in [-0.39, 0.29) is 12.4 Å². The highest BCUT2D eigenvalue weighted by molar-refractivity contribution is 7.92. The van der Waals surface area contributed by atoms with Gasteiger partial charge in [0.25, 0.3) is 0 Å². The molecule has 0 aliphatic carbocycles. The number of sulfone groups is 1. The predicted molar refractivity (Wildman–Crippen MR) is 82.3 cm³/mol. The zero-order valence-corrected chi connectivity index (χ0v) is 13.4. The number of hydrogen-bond acceptors (Lipinski definition) is 4. The fourth-order valence-electron chi connectivity index (χ4n) is 1.81. The number of rotatable bonds is 7. The molecule has 0 spiro atoms. The fraction of sp³-hybridized carbons (Fsp3) is 0.600. The van der Waals surface area contributed by atoms with Gasteiger partial charge >= 0.3 is 0 Å². The molecule has 0 unspecified atom stereocenters. The fourth-order valence-corrected chi connectivity index (χ4v) is 2.92. The normalized spacial score (nSPS) is 12.8. The summed E-state index contributed by atoms with van der Waals surface area (Å²) in [6.45, 7) is 6.76. The van der Waals surface area contributed by atoms with E-state index in [4.69, 9.17) is 5.11 Å². The van der Waals surface area contributed by atoms with Crippen LogP contribution in [0, 0.1) is 0 Å². The predicted octanol–water partition coefficient (Wildman–Crippen LogP) is 1.69. The van der Waals surface area contributed by atoms with E-state index < -0.39 is 14.6 Å². The molecule has 0 bridgehead atoms. The number of nitrogens with zero attached hydrogens (tertiary/aromatic N) is 1. The third kappa shape index (κ3) is 5.23. The lowest BCUT2D eigenvalue weighted by Gasteiger charge is -2.24. The quantitative estimate of drug-likeness (QED) is 0.832. The summed E-state index contributed by atoms with van der Waals surface area (Å²) in [7, 11) is -3.13. The molecule has 1 rings (SSSR count). The van der Waals surface area contributed by atoms with Gasteiger partial charge in [-0.15, -0.1) is 0 Å². The second-order valence-corrected chi connectivity index (χ2v) is 8.78. The second-order valence-electron chi connectivity index (χ2n) is 5.92. The molecule has 0 aliphatic heterocycles. The largest absolute Gasteiger partial charge is 0.395 e. The smallest absolute Gasteiger partial charge is 0.156 e. The molecule has 1 aromatic carbocycles. The maximum Gasteiger partial charge on any atom is 0.156 e. The van der Waals surface area contributed by atoms with E-state index in [0.29, 0.717) is 19.6 Å². The van der Waals surface area contributed by atoms with E-state index in [9.17, 15) is 8.42 Å². The van der Waals surface area contributed by atoms with Crippen molar-refractivity contribution in [3.8, 4) is 0 Å². The molecule has 0 fully saturated rings. The van der Waals surface area contributed by atoms with Crippen molar-refractivity contribution in [3.05, 3.63) is 35.9 Å². The standard InChI is InChI=1S/C15H25NO3S/c1-15(2,3)20(18,19)12-10-16(9-11-17)13-14-7-5-4-6-8-14/h4-8,17H,9-13H2,1-3H3. The van der Waals surface area contributed by atoms with E-state index in [1.54, 1.807) is 20.8 Å². The molecule has 0 heterocycles. The highest BCUT2D eigenvalue weighted by Crippen LogP contribution is 2.16. The molecular weight excluding hydrogens is 274 g/mol. The summed E-state index contributed by atoms with van der Waals surface area (Å²) in [5, 5.41) is 9.11. The van der Waals surface area contributed by atoms with Crippen LogP contribution in [0.3, 0.4) is 0 Å². The van der Waals surface area contributed by atoms with Gasteiger partial charge < -0.3 is 5.11 Å². The minimum atomic E-state index is -3.13. The first-order valence-electron chi connectivity index (χ1n) is 6.86. The zero-order chi connectivity index (χ0) is 15.2. The van der Waals surface area contributed by atoms with E-state index in [2.05, 4.69) is 0 Å². The van der Waals surface area contributed by atoms with Crippen molar-refractivity contribution in [2.45, 2.75) is 32.1 Å². The Kier molecular flexibility index (Phi) is 6.17. The highest BCUT2D eigenvalue weighted by atomic mass is 32.2. The lowest BCUT2D eigenvalue weighted by molar-refractivity contribution is 0.197. The van der Waals surface area contributed by atoms with Gasteiger partial charge in [0.05, 0.1) is 17.1 Å². The van der Waals surface area contributed by atoms with Crippen LogP contribution in [0.4, 0.5) is 0 Å². The molecule has 1 aromatic rings. The van der Waals surface area contributed by atoms with Crippen molar-refractivity contribution in [1.29, 1.82) is 0 Å². The van der Waals surface area contributed by atoms with Gasteiger partial charge in [-0.1, -0.05) is 30.3 Å².